The number of benzene rings is 2. The highest BCUT2D eigenvalue weighted by Gasteiger charge is 2.48. The molecule has 2 N–H and O–H groups in total. The van der Waals surface area contributed by atoms with Gasteiger partial charge >= 0.3 is 0 Å². The van der Waals surface area contributed by atoms with Gasteiger partial charge in [0.1, 0.15) is 19.4 Å². The molecule has 9 heteroatoms. The van der Waals surface area contributed by atoms with Crippen LogP contribution in [-0.2, 0) is 22.7 Å². The van der Waals surface area contributed by atoms with Crippen LogP contribution in [0, 0.1) is 5.82 Å². The minimum atomic E-state index is -1.10. The summed E-state index contributed by atoms with van der Waals surface area (Å²) in [6.45, 7) is 0.440. The van der Waals surface area contributed by atoms with Gasteiger partial charge in [-0.25, -0.2) is 4.39 Å². The molecule has 1 saturated heterocycles. The van der Waals surface area contributed by atoms with Crippen molar-refractivity contribution < 1.29 is 23.5 Å². The fourth-order valence-corrected chi connectivity index (χ4v) is 3.95. The lowest BCUT2D eigenvalue weighted by Crippen LogP contribution is -2.63. The Kier molecular flexibility index (Phi) is 4.97. The van der Waals surface area contributed by atoms with E-state index in [-0.39, 0.29) is 43.6 Å². The van der Waals surface area contributed by atoms with Crippen molar-refractivity contribution in [1.82, 2.24) is 10.2 Å². The smallest absolute Gasteiger partial charge is 0.254 e. The van der Waals surface area contributed by atoms with E-state index < -0.39 is 11.3 Å². The number of hydrogen-bond acceptors (Lipinski definition) is 5. The molecule has 0 saturated carbocycles. The number of hydrogen-bond donors (Lipinski definition) is 2. The van der Waals surface area contributed by atoms with Gasteiger partial charge in [-0.1, -0.05) is 6.07 Å². The van der Waals surface area contributed by atoms with Crippen molar-refractivity contribution in [3.8, 4) is 5.75 Å². The van der Waals surface area contributed by atoms with Crippen LogP contribution >= 0.6 is 0 Å². The molecule has 154 valence electrons. The molecule has 3 amide bonds. The summed E-state index contributed by atoms with van der Waals surface area (Å²) >= 11 is 0. The van der Waals surface area contributed by atoms with Gasteiger partial charge in [-0.2, -0.15) is 0 Å². The van der Waals surface area contributed by atoms with E-state index in [1.165, 1.54) is 18.1 Å². The minimum absolute atomic E-state index is 0.183. The van der Waals surface area contributed by atoms with Crippen LogP contribution in [0.1, 0.15) is 34.3 Å². The number of ether oxygens (including phenoxy) is 1. The second-order valence-corrected chi connectivity index (χ2v) is 7.69. The summed E-state index contributed by atoms with van der Waals surface area (Å²) < 4.78 is 19.3. The highest BCUT2D eigenvalue weighted by atomic mass is 19.1. The molecule has 1 atom stereocenters. The molecular weight excluding hydrogens is 388 g/mol. The number of piperidine rings is 1. The van der Waals surface area contributed by atoms with Crippen molar-refractivity contribution in [1.29, 1.82) is 0 Å². The monoisotopic (exact) mass is 409 g/mol. The first-order valence-corrected chi connectivity index (χ1v) is 9.68. The first-order valence-electron chi connectivity index (χ1n) is 9.68. The summed E-state index contributed by atoms with van der Waals surface area (Å²) in [5.41, 5.74) is 1.28. The maximum atomic E-state index is 14.1. The number of nitrogens with one attached hydrogen (secondary N) is 2. The van der Waals surface area contributed by atoms with Crippen LogP contribution < -0.4 is 15.4 Å². The van der Waals surface area contributed by atoms with Gasteiger partial charge in [-0.15, -0.1) is 0 Å². The van der Waals surface area contributed by atoms with Crippen LogP contribution in [0.15, 0.2) is 36.4 Å². The van der Waals surface area contributed by atoms with E-state index in [2.05, 4.69) is 10.6 Å². The zero-order chi connectivity index (χ0) is 21.5. The highest BCUT2D eigenvalue weighted by Crippen LogP contribution is 2.36. The van der Waals surface area contributed by atoms with Gasteiger partial charge in [0.15, 0.2) is 0 Å². The zero-order valence-corrected chi connectivity index (χ0v) is 16.8. The summed E-state index contributed by atoms with van der Waals surface area (Å²) in [6, 6.07) is 9.80. The summed E-state index contributed by atoms with van der Waals surface area (Å²) in [6.07, 6.45) is 0.456. The maximum Gasteiger partial charge on any atom is 0.254 e. The van der Waals surface area contributed by atoms with Crippen LogP contribution in [0.3, 0.4) is 0 Å². The molecule has 0 radical (unpaired) electrons. The third-order valence-corrected chi connectivity index (χ3v) is 5.87. The Hall–Kier alpha value is -3.36. The van der Waals surface area contributed by atoms with Gasteiger partial charge in [-0.05, 0) is 36.8 Å². The Morgan fingerprint density at radius 1 is 1.27 bits per heavy atom. The largest absolute Gasteiger partial charge is 0.497 e. The van der Waals surface area contributed by atoms with Crippen molar-refractivity contribution >= 4 is 31.3 Å². The third-order valence-electron chi connectivity index (χ3n) is 5.87. The molecule has 7 nitrogen and oxygen atoms in total. The molecule has 0 aliphatic carbocycles. The van der Waals surface area contributed by atoms with Gasteiger partial charge in [0.2, 0.25) is 11.8 Å². The summed E-state index contributed by atoms with van der Waals surface area (Å²) in [4.78, 5) is 38.6. The van der Waals surface area contributed by atoms with Crippen molar-refractivity contribution in [3.63, 3.8) is 0 Å². The number of carbonyl (C=O) groups excluding carboxylic acids is 3. The predicted molar refractivity (Wildman–Crippen MR) is 110 cm³/mol. The average molecular weight is 409 g/mol. The molecule has 0 bridgehead atoms. The lowest BCUT2D eigenvalue weighted by atomic mass is 9.70. The van der Waals surface area contributed by atoms with Gasteiger partial charge in [0.25, 0.3) is 5.91 Å². The first-order chi connectivity index (χ1) is 14.3. The maximum absolute atomic E-state index is 14.1. The molecule has 2 aromatic rings. The third kappa shape index (κ3) is 3.30. The molecule has 2 aromatic carbocycles. The van der Waals surface area contributed by atoms with Crippen LogP contribution in [0.25, 0.3) is 0 Å². The van der Waals surface area contributed by atoms with Crippen molar-refractivity contribution in [2.24, 2.45) is 0 Å². The Balaban J connectivity index is 1.58. The summed E-state index contributed by atoms with van der Waals surface area (Å²) in [7, 11) is 3.20. The summed E-state index contributed by atoms with van der Waals surface area (Å²) in [5, 5.41) is 5.53. The number of halogens is 1. The molecular formula is C21H21BFN3O4. The van der Waals surface area contributed by atoms with E-state index in [0.29, 0.717) is 22.6 Å². The van der Waals surface area contributed by atoms with E-state index in [9.17, 15) is 18.8 Å². The number of rotatable bonds is 5. The molecule has 4 rings (SSSR count). The molecule has 1 unspecified atom stereocenters. The zero-order valence-electron chi connectivity index (χ0n) is 16.8. The number of fused-ring (bicyclic) bond motifs is 1. The van der Waals surface area contributed by atoms with Crippen molar-refractivity contribution in [2.45, 2.75) is 31.4 Å². The number of carbonyl (C=O) groups is 3. The average Bonchev–Trinajstić information content (AvgIpc) is 3.08. The fraction of sp³-hybridized carbons (Fsp3) is 0.286. The molecule has 2 heterocycles. The van der Waals surface area contributed by atoms with E-state index in [1.807, 2.05) is 6.07 Å². The second kappa shape index (κ2) is 7.48. The summed E-state index contributed by atoms with van der Waals surface area (Å²) in [5.74, 6) is -0.853. The Morgan fingerprint density at radius 3 is 2.80 bits per heavy atom. The highest BCUT2D eigenvalue weighted by molar-refractivity contribution is 6.32. The van der Waals surface area contributed by atoms with Crippen molar-refractivity contribution in [2.75, 3.05) is 12.4 Å². The lowest BCUT2D eigenvalue weighted by Gasteiger charge is -2.40. The van der Waals surface area contributed by atoms with Gasteiger partial charge in [-0.3, -0.25) is 19.7 Å². The fourth-order valence-electron chi connectivity index (χ4n) is 3.95. The van der Waals surface area contributed by atoms with Crippen LogP contribution in [0.2, 0.25) is 0 Å². The molecule has 30 heavy (non-hydrogen) atoms. The SMILES string of the molecule is BC1(N2Cc3c(NCc4cc(OC)ccc4F)cccc3C2=O)CCC(=O)NC1=O. The molecule has 2 aliphatic heterocycles. The number of imide groups is 1. The first kappa shape index (κ1) is 19.9. The lowest BCUT2D eigenvalue weighted by molar-refractivity contribution is -0.138. The van der Waals surface area contributed by atoms with E-state index >= 15 is 0 Å². The predicted octanol–water partition coefficient (Wildman–Crippen LogP) is 1.17. The second-order valence-electron chi connectivity index (χ2n) is 7.69. The van der Waals surface area contributed by atoms with Crippen LogP contribution in [0.5, 0.6) is 5.75 Å². The van der Waals surface area contributed by atoms with E-state index in [0.717, 1.165) is 5.56 Å². The topological polar surface area (TPSA) is 87.7 Å². The standard InChI is InChI=1S/C21H21BFN3O4/c1-30-13-5-6-16(23)12(9-13)10-24-17-4-2-3-14-15(17)11-26(19(14)28)21(22)8-7-18(27)25-20(21)29/h2-6,9,24H,7-8,10-11,22H2,1H3,(H,25,27,29). The Bertz CT molecular complexity index is 1060. The Labute approximate surface area is 174 Å². The minimum Gasteiger partial charge on any atom is -0.497 e. The van der Waals surface area contributed by atoms with Gasteiger partial charge in [0.05, 0.1) is 12.5 Å². The molecule has 1 fully saturated rings. The van der Waals surface area contributed by atoms with E-state index in [1.54, 1.807) is 32.1 Å². The van der Waals surface area contributed by atoms with Crippen LogP contribution in [0.4, 0.5) is 10.1 Å². The number of amides is 3. The number of anilines is 1. The molecule has 0 aromatic heterocycles. The molecule has 2 aliphatic rings. The van der Waals surface area contributed by atoms with Gasteiger partial charge < -0.3 is 15.0 Å². The number of nitrogens with zero attached hydrogens (tertiary/aromatic N) is 1. The van der Waals surface area contributed by atoms with Crippen molar-refractivity contribution in [3.05, 3.63) is 58.9 Å². The van der Waals surface area contributed by atoms with Gasteiger partial charge in [0, 0.05) is 41.9 Å². The van der Waals surface area contributed by atoms with Crippen LogP contribution in [-0.4, -0.2) is 43.0 Å². The quantitative estimate of drug-likeness (QED) is 0.572. The Morgan fingerprint density at radius 2 is 2.07 bits per heavy atom. The number of methoxy groups -OCH3 is 1. The molecule has 0 spiro atoms. The normalized spacial score (nSPS) is 20.7. The van der Waals surface area contributed by atoms with E-state index in [4.69, 9.17) is 4.74 Å².